The topological polar surface area (TPSA) is 63.6 Å². The number of allylic oxidation sites excluding steroid dienone is 1. The smallest absolute Gasteiger partial charge is 0.307 e. The quantitative estimate of drug-likeness (QED) is 0.515. The predicted molar refractivity (Wildman–Crippen MR) is 74.9 cm³/mol. The Morgan fingerprint density at radius 2 is 2.05 bits per heavy atom. The zero-order valence-corrected chi connectivity index (χ0v) is 12.1. The van der Waals surface area contributed by atoms with Gasteiger partial charge in [0.1, 0.15) is 5.60 Å². The zero-order valence-electron chi connectivity index (χ0n) is 14.1. The normalized spacial score (nSPS) is 15.1. The molecule has 4 heteroatoms. The molecule has 0 aliphatic carbocycles. The van der Waals surface area contributed by atoms with Crippen molar-refractivity contribution in [3.05, 3.63) is 12.7 Å². The van der Waals surface area contributed by atoms with Gasteiger partial charge in [0.05, 0.1) is 12.3 Å². The van der Waals surface area contributed by atoms with Gasteiger partial charge in [-0.25, -0.2) is 0 Å². The van der Waals surface area contributed by atoms with Crippen LogP contribution in [0.3, 0.4) is 0 Å². The first-order chi connectivity index (χ1) is 9.47. The third kappa shape index (κ3) is 10.3. The van der Waals surface area contributed by atoms with Gasteiger partial charge < -0.3 is 9.84 Å². The van der Waals surface area contributed by atoms with Crippen LogP contribution < -0.4 is 0 Å². The molecule has 0 rings (SSSR count). The van der Waals surface area contributed by atoms with Crippen molar-refractivity contribution in [1.82, 2.24) is 0 Å². The van der Waals surface area contributed by atoms with Gasteiger partial charge in [0.2, 0.25) is 0 Å². The Kier molecular flexibility index (Phi) is 6.47. The number of esters is 1. The Morgan fingerprint density at radius 3 is 2.53 bits per heavy atom. The summed E-state index contributed by atoms with van der Waals surface area (Å²) in [6, 6.07) is 0. The molecule has 0 aliphatic rings. The van der Waals surface area contributed by atoms with Gasteiger partial charge in [-0.05, 0) is 40.0 Å². The van der Waals surface area contributed by atoms with E-state index in [9.17, 15) is 9.59 Å². The van der Waals surface area contributed by atoms with Crippen molar-refractivity contribution in [2.45, 2.75) is 64.8 Å². The standard InChI is InChI=1S/C15H26O4/c1-5-6-7-8-9-10-12(14(17)18)11-13(16)19-15(2,3)4/h5,12H,1,6-11H2,2-4H3,(H,17,18)/i7D2. The summed E-state index contributed by atoms with van der Waals surface area (Å²) in [7, 11) is 0. The third-order valence-electron chi connectivity index (χ3n) is 2.38. The zero-order chi connectivity index (χ0) is 16.7. The largest absolute Gasteiger partial charge is 0.481 e. The molecular formula is C15H26O4. The average molecular weight is 272 g/mol. The van der Waals surface area contributed by atoms with Crippen LogP contribution in [0, 0.1) is 5.92 Å². The summed E-state index contributed by atoms with van der Waals surface area (Å²) in [5.41, 5.74) is -0.637. The van der Waals surface area contributed by atoms with Gasteiger partial charge in [0.15, 0.2) is 0 Å². The van der Waals surface area contributed by atoms with Crippen LogP contribution in [-0.2, 0) is 14.3 Å². The van der Waals surface area contributed by atoms with Crippen LogP contribution in [0.4, 0.5) is 0 Å². The Morgan fingerprint density at radius 1 is 1.42 bits per heavy atom. The van der Waals surface area contributed by atoms with Crippen LogP contribution in [0.2, 0.25) is 0 Å². The molecule has 4 nitrogen and oxygen atoms in total. The van der Waals surface area contributed by atoms with Crippen molar-refractivity contribution >= 4 is 11.9 Å². The van der Waals surface area contributed by atoms with Crippen LogP contribution in [0.5, 0.6) is 0 Å². The highest BCUT2D eigenvalue weighted by atomic mass is 16.6. The van der Waals surface area contributed by atoms with E-state index in [-0.39, 0.29) is 25.7 Å². The Bertz CT molecular complexity index is 372. The minimum atomic E-state index is -1.38. The van der Waals surface area contributed by atoms with Crippen LogP contribution in [0.15, 0.2) is 12.7 Å². The summed E-state index contributed by atoms with van der Waals surface area (Å²) in [5, 5.41) is 9.14. The van der Waals surface area contributed by atoms with E-state index >= 15 is 0 Å². The van der Waals surface area contributed by atoms with Crippen LogP contribution >= 0.6 is 0 Å². The van der Waals surface area contributed by atoms with Crippen molar-refractivity contribution < 1.29 is 22.2 Å². The van der Waals surface area contributed by atoms with E-state index in [1.807, 2.05) is 0 Å². The minimum absolute atomic E-state index is 0.183. The van der Waals surface area contributed by atoms with E-state index in [2.05, 4.69) is 6.58 Å². The summed E-state index contributed by atoms with van der Waals surface area (Å²) >= 11 is 0. The van der Waals surface area contributed by atoms with Crippen molar-refractivity contribution in [3.63, 3.8) is 0 Å². The van der Waals surface area contributed by atoms with E-state index in [0.717, 1.165) is 0 Å². The second kappa shape index (κ2) is 8.73. The molecule has 0 fully saturated rings. The van der Waals surface area contributed by atoms with E-state index in [1.165, 1.54) is 6.08 Å². The van der Waals surface area contributed by atoms with E-state index in [1.54, 1.807) is 20.8 Å². The molecule has 19 heavy (non-hydrogen) atoms. The number of hydrogen-bond acceptors (Lipinski definition) is 3. The minimum Gasteiger partial charge on any atom is -0.481 e. The van der Waals surface area contributed by atoms with Crippen molar-refractivity contribution in [2.24, 2.45) is 5.92 Å². The Hall–Kier alpha value is -1.32. The van der Waals surface area contributed by atoms with E-state index in [0.29, 0.717) is 6.42 Å². The highest BCUT2D eigenvalue weighted by molar-refractivity contribution is 5.78. The lowest BCUT2D eigenvalue weighted by molar-refractivity contribution is -0.160. The summed E-state index contributed by atoms with van der Waals surface area (Å²) in [6.07, 6.45) is 1.09. The Labute approximate surface area is 118 Å². The lowest BCUT2D eigenvalue weighted by atomic mass is 9.97. The van der Waals surface area contributed by atoms with Gasteiger partial charge in [-0.3, -0.25) is 9.59 Å². The molecule has 1 N–H and O–H groups in total. The van der Waals surface area contributed by atoms with Gasteiger partial charge in [-0.1, -0.05) is 18.9 Å². The second-order valence-corrected chi connectivity index (χ2v) is 5.46. The first kappa shape index (κ1) is 14.1. The van der Waals surface area contributed by atoms with E-state index < -0.39 is 29.8 Å². The van der Waals surface area contributed by atoms with Crippen LogP contribution in [0.25, 0.3) is 0 Å². The molecule has 0 aromatic heterocycles. The molecule has 0 heterocycles. The van der Waals surface area contributed by atoms with Crippen molar-refractivity contribution in [3.8, 4) is 0 Å². The molecule has 0 saturated carbocycles. The maximum absolute atomic E-state index is 11.7. The molecule has 0 aliphatic heterocycles. The van der Waals surface area contributed by atoms with Gasteiger partial charge in [0.25, 0.3) is 0 Å². The maximum atomic E-state index is 11.7. The maximum Gasteiger partial charge on any atom is 0.307 e. The monoisotopic (exact) mass is 272 g/mol. The molecule has 0 amide bonds. The van der Waals surface area contributed by atoms with Gasteiger partial charge in [-0.15, -0.1) is 6.58 Å². The van der Waals surface area contributed by atoms with E-state index in [4.69, 9.17) is 12.6 Å². The predicted octanol–water partition coefficient (Wildman–Crippen LogP) is 3.56. The van der Waals surface area contributed by atoms with Crippen molar-refractivity contribution in [2.75, 3.05) is 0 Å². The van der Waals surface area contributed by atoms with Gasteiger partial charge >= 0.3 is 11.9 Å². The molecule has 110 valence electrons. The fourth-order valence-electron chi connectivity index (χ4n) is 1.57. The lowest BCUT2D eigenvalue weighted by Crippen LogP contribution is -2.27. The summed E-state index contributed by atoms with van der Waals surface area (Å²) in [4.78, 5) is 22.8. The van der Waals surface area contributed by atoms with Crippen LogP contribution in [0.1, 0.15) is 62.0 Å². The molecule has 1 unspecified atom stereocenters. The SMILES string of the molecule is [2H]C([2H])(CC=C)CCCC(CC(=O)OC(C)(C)C)C(=O)O. The first-order valence-corrected chi connectivity index (χ1v) is 6.52. The molecule has 1 atom stereocenters. The molecule has 0 saturated heterocycles. The number of aliphatic carboxylic acids is 1. The number of carbonyl (C=O) groups excluding carboxylic acids is 1. The fraction of sp³-hybridized carbons (Fsp3) is 0.733. The molecular weight excluding hydrogens is 244 g/mol. The number of carboxylic acids is 1. The lowest BCUT2D eigenvalue weighted by Gasteiger charge is -2.21. The molecule has 0 radical (unpaired) electrons. The number of rotatable bonds is 9. The van der Waals surface area contributed by atoms with Crippen LogP contribution in [-0.4, -0.2) is 22.6 Å². The first-order valence-electron chi connectivity index (χ1n) is 7.52. The summed E-state index contributed by atoms with van der Waals surface area (Å²) in [5.74, 6) is -2.42. The number of carbonyl (C=O) groups is 2. The molecule has 0 spiro atoms. The molecule has 0 aromatic carbocycles. The van der Waals surface area contributed by atoms with Gasteiger partial charge in [0, 0.05) is 2.74 Å². The molecule has 0 bridgehead atoms. The number of ether oxygens (including phenoxy) is 1. The molecule has 0 aromatic rings. The van der Waals surface area contributed by atoms with Crippen molar-refractivity contribution in [1.29, 1.82) is 0 Å². The highest BCUT2D eigenvalue weighted by Crippen LogP contribution is 2.18. The third-order valence-corrected chi connectivity index (χ3v) is 2.38. The Balaban J connectivity index is 4.36. The second-order valence-electron chi connectivity index (χ2n) is 5.46. The summed E-state index contributed by atoms with van der Waals surface area (Å²) < 4.78 is 20.5. The highest BCUT2D eigenvalue weighted by Gasteiger charge is 2.24. The number of hydrogen-bond donors (Lipinski definition) is 1. The average Bonchev–Trinajstić information content (AvgIpc) is 2.24. The fourth-order valence-corrected chi connectivity index (χ4v) is 1.57. The van der Waals surface area contributed by atoms with Gasteiger partial charge in [-0.2, -0.15) is 0 Å². The summed E-state index contributed by atoms with van der Waals surface area (Å²) in [6.45, 7) is 8.68. The number of carboxylic acid groups (broad SMARTS) is 1.